The van der Waals surface area contributed by atoms with Crippen LogP contribution in [0.25, 0.3) is 0 Å². The van der Waals surface area contributed by atoms with E-state index in [1.807, 2.05) is 0 Å². The van der Waals surface area contributed by atoms with Crippen molar-refractivity contribution in [3.05, 3.63) is 47.9 Å². The van der Waals surface area contributed by atoms with Crippen LogP contribution in [0.5, 0.6) is 5.75 Å². The Morgan fingerprint density at radius 3 is 2.77 bits per heavy atom. The molecule has 0 aliphatic heterocycles. The molecule has 0 radical (unpaired) electrons. The highest BCUT2D eigenvalue weighted by Crippen LogP contribution is 2.22. The minimum Gasteiger partial charge on any atom is -0.491 e. The van der Waals surface area contributed by atoms with E-state index in [0.717, 1.165) is 0 Å². The lowest BCUT2D eigenvalue weighted by Gasteiger charge is -2.15. The molecule has 2 aromatic rings. The van der Waals surface area contributed by atoms with Crippen LogP contribution in [0.15, 0.2) is 36.5 Å². The van der Waals surface area contributed by atoms with Crippen LogP contribution in [0.2, 0.25) is 0 Å². The van der Waals surface area contributed by atoms with E-state index in [0.29, 0.717) is 23.7 Å². The topological polar surface area (TPSA) is 54.5 Å². The first kappa shape index (κ1) is 15.8. The molecular formula is C16H18FN3O2. The van der Waals surface area contributed by atoms with E-state index in [-0.39, 0.29) is 11.7 Å². The quantitative estimate of drug-likeness (QED) is 0.922. The number of amides is 1. The summed E-state index contributed by atoms with van der Waals surface area (Å²) in [5.41, 5.74) is 0.779. The van der Waals surface area contributed by atoms with Crippen molar-refractivity contribution in [2.45, 2.75) is 6.92 Å². The van der Waals surface area contributed by atoms with E-state index in [1.165, 1.54) is 12.1 Å². The Balaban J connectivity index is 2.21. The third-order valence-electron chi connectivity index (χ3n) is 2.94. The number of hydrogen-bond acceptors (Lipinski definition) is 4. The van der Waals surface area contributed by atoms with Crippen molar-refractivity contribution < 1.29 is 13.9 Å². The van der Waals surface area contributed by atoms with Crippen molar-refractivity contribution in [3.8, 4) is 5.75 Å². The number of carbonyl (C=O) groups excluding carboxylic acids is 1. The van der Waals surface area contributed by atoms with Crippen LogP contribution < -0.4 is 15.0 Å². The molecule has 0 unspecified atom stereocenters. The molecule has 116 valence electrons. The normalized spacial score (nSPS) is 10.2. The lowest BCUT2D eigenvalue weighted by Crippen LogP contribution is -2.19. The Hall–Kier alpha value is -2.63. The zero-order valence-corrected chi connectivity index (χ0v) is 12.8. The molecule has 0 atom stereocenters. The fraction of sp³-hybridized carbons (Fsp3) is 0.250. The largest absolute Gasteiger partial charge is 0.491 e. The van der Waals surface area contributed by atoms with Gasteiger partial charge in [0.25, 0.3) is 5.91 Å². The lowest BCUT2D eigenvalue weighted by molar-refractivity contribution is 0.102. The molecule has 0 aliphatic rings. The van der Waals surface area contributed by atoms with E-state index in [2.05, 4.69) is 10.3 Å². The highest BCUT2D eigenvalue weighted by Gasteiger charge is 2.14. The minimum atomic E-state index is -0.515. The van der Waals surface area contributed by atoms with Crippen LogP contribution in [-0.2, 0) is 0 Å². The summed E-state index contributed by atoms with van der Waals surface area (Å²) in [7, 11) is 3.60. The van der Waals surface area contributed by atoms with Crippen molar-refractivity contribution in [2.75, 3.05) is 30.9 Å². The fourth-order valence-corrected chi connectivity index (χ4v) is 1.98. The summed E-state index contributed by atoms with van der Waals surface area (Å²) in [6.45, 7) is 2.16. The van der Waals surface area contributed by atoms with E-state index in [1.54, 1.807) is 50.3 Å². The Morgan fingerprint density at radius 1 is 1.36 bits per heavy atom. The van der Waals surface area contributed by atoms with Gasteiger partial charge in [0.2, 0.25) is 0 Å². The van der Waals surface area contributed by atoms with Crippen LogP contribution in [0, 0.1) is 5.82 Å². The first-order valence-electron chi connectivity index (χ1n) is 6.89. The number of nitrogens with one attached hydrogen (secondary N) is 1. The van der Waals surface area contributed by atoms with Gasteiger partial charge in [-0.1, -0.05) is 0 Å². The lowest BCUT2D eigenvalue weighted by atomic mass is 10.2. The summed E-state index contributed by atoms with van der Waals surface area (Å²) in [4.78, 5) is 18.2. The number of carbonyl (C=O) groups is 1. The number of rotatable bonds is 5. The average molecular weight is 303 g/mol. The van der Waals surface area contributed by atoms with Gasteiger partial charge < -0.3 is 15.0 Å². The highest BCUT2D eigenvalue weighted by atomic mass is 19.1. The zero-order chi connectivity index (χ0) is 16.1. The van der Waals surface area contributed by atoms with E-state index in [4.69, 9.17) is 4.74 Å². The molecule has 1 N–H and O–H groups in total. The third-order valence-corrected chi connectivity index (χ3v) is 2.94. The Morgan fingerprint density at radius 2 is 2.14 bits per heavy atom. The molecule has 1 heterocycles. The Bertz CT molecular complexity index is 674. The molecule has 0 bridgehead atoms. The summed E-state index contributed by atoms with van der Waals surface area (Å²) >= 11 is 0. The van der Waals surface area contributed by atoms with Gasteiger partial charge in [0.1, 0.15) is 5.82 Å². The molecule has 0 fully saturated rings. The standard InChI is InChI=1S/C16H18FN3O2/c1-4-22-14-8-7-11(10-13(14)17)19-16(21)12-6-5-9-18-15(12)20(2)3/h5-10H,4H2,1-3H3,(H,19,21). The summed E-state index contributed by atoms with van der Waals surface area (Å²) in [5.74, 6) is -0.152. The van der Waals surface area contributed by atoms with Crippen LogP contribution >= 0.6 is 0 Å². The van der Waals surface area contributed by atoms with Crippen LogP contribution in [0.4, 0.5) is 15.9 Å². The second kappa shape index (κ2) is 6.89. The summed E-state index contributed by atoms with van der Waals surface area (Å²) in [6, 6.07) is 7.67. The van der Waals surface area contributed by atoms with Gasteiger partial charge in [-0.25, -0.2) is 9.37 Å². The molecule has 0 saturated heterocycles. The number of pyridine rings is 1. The molecule has 0 aliphatic carbocycles. The molecule has 0 saturated carbocycles. The molecule has 0 spiro atoms. The van der Waals surface area contributed by atoms with Crippen molar-refractivity contribution in [2.24, 2.45) is 0 Å². The number of hydrogen-bond donors (Lipinski definition) is 1. The van der Waals surface area contributed by atoms with Crippen LogP contribution in [0.3, 0.4) is 0 Å². The highest BCUT2D eigenvalue weighted by molar-refractivity contribution is 6.07. The predicted octanol–water partition coefficient (Wildman–Crippen LogP) is 2.94. The van der Waals surface area contributed by atoms with Gasteiger partial charge in [0, 0.05) is 32.0 Å². The molecule has 1 aromatic heterocycles. The summed E-state index contributed by atoms with van der Waals surface area (Å²) in [5, 5.41) is 2.66. The summed E-state index contributed by atoms with van der Waals surface area (Å²) in [6.07, 6.45) is 1.61. The molecule has 22 heavy (non-hydrogen) atoms. The second-order valence-electron chi connectivity index (χ2n) is 4.80. The van der Waals surface area contributed by atoms with Gasteiger partial charge in [-0.3, -0.25) is 4.79 Å². The van der Waals surface area contributed by atoms with Gasteiger partial charge in [-0.2, -0.15) is 0 Å². The monoisotopic (exact) mass is 303 g/mol. The zero-order valence-electron chi connectivity index (χ0n) is 12.8. The molecule has 1 aromatic carbocycles. The van der Waals surface area contributed by atoms with Crippen molar-refractivity contribution in [1.29, 1.82) is 0 Å². The maximum atomic E-state index is 13.8. The van der Waals surface area contributed by atoms with E-state index in [9.17, 15) is 9.18 Å². The fourth-order valence-electron chi connectivity index (χ4n) is 1.98. The number of benzene rings is 1. The first-order chi connectivity index (χ1) is 10.5. The van der Waals surface area contributed by atoms with Crippen LogP contribution in [-0.4, -0.2) is 31.6 Å². The predicted molar refractivity (Wildman–Crippen MR) is 84.1 cm³/mol. The van der Waals surface area contributed by atoms with Gasteiger partial charge in [-0.15, -0.1) is 0 Å². The van der Waals surface area contributed by atoms with Crippen molar-refractivity contribution >= 4 is 17.4 Å². The summed E-state index contributed by atoms with van der Waals surface area (Å²) < 4.78 is 18.9. The number of ether oxygens (including phenoxy) is 1. The Labute approximate surface area is 128 Å². The molecule has 1 amide bonds. The van der Waals surface area contributed by atoms with Crippen molar-refractivity contribution in [3.63, 3.8) is 0 Å². The van der Waals surface area contributed by atoms with Gasteiger partial charge in [0.15, 0.2) is 11.6 Å². The smallest absolute Gasteiger partial charge is 0.259 e. The van der Waals surface area contributed by atoms with Gasteiger partial charge in [0.05, 0.1) is 12.2 Å². The van der Waals surface area contributed by atoms with E-state index >= 15 is 0 Å². The van der Waals surface area contributed by atoms with Crippen molar-refractivity contribution in [1.82, 2.24) is 4.98 Å². The second-order valence-corrected chi connectivity index (χ2v) is 4.80. The molecule has 5 nitrogen and oxygen atoms in total. The van der Waals surface area contributed by atoms with E-state index < -0.39 is 5.82 Å². The number of halogens is 1. The number of aromatic nitrogens is 1. The average Bonchev–Trinajstić information content (AvgIpc) is 2.50. The maximum absolute atomic E-state index is 13.8. The maximum Gasteiger partial charge on any atom is 0.259 e. The molecular weight excluding hydrogens is 285 g/mol. The molecule has 2 rings (SSSR count). The first-order valence-corrected chi connectivity index (χ1v) is 6.89. The number of nitrogens with zero attached hydrogens (tertiary/aromatic N) is 2. The van der Waals surface area contributed by atoms with Gasteiger partial charge >= 0.3 is 0 Å². The number of anilines is 2. The van der Waals surface area contributed by atoms with Gasteiger partial charge in [-0.05, 0) is 31.2 Å². The third kappa shape index (κ3) is 3.52. The Kier molecular flexibility index (Phi) is 4.93. The SMILES string of the molecule is CCOc1ccc(NC(=O)c2cccnc2N(C)C)cc1F. The molecule has 6 heteroatoms. The minimum absolute atomic E-state index is 0.163. The van der Waals surface area contributed by atoms with Crippen LogP contribution in [0.1, 0.15) is 17.3 Å².